The molecule has 2 rings (SSSR count). The highest BCUT2D eigenvalue weighted by molar-refractivity contribution is 4.90. The first kappa shape index (κ1) is 15.3. The van der Waals surface area contributed by atoms with Gasteiger partial charge in [0.25, 0.3) is 0 Å². The van der Waals surface area contributed by atoms with Gasteiger partial charge in [0, 0.05) is 18.6 Å². The molecule has 2 aliphatic carbocycles. The van der Waals surface area contributed by atoms with Crippen LogP contribution in [0, 0.1) is 11.8 Å². The molecule has 2 heteroatoms. The van der Waals surface area contributed by atoms with Gasteiger partial charge in [-0.1, -0.05) is 39.5 Å². The lowest BCUT2D eigenvalue weighted by atomic mass is 9.91. The summed E-state index contributed by atoms with van der Waals surface area (Å²) in [6.07, 6.45) is 11.3. The first-order valence-electron chi connectivity index (χ1n) is 8.66. The Morgan fingerprint density at radius 3 is 2.42 bits per heavy atom. The third kappa shape index (κ3) is 4.75. The molecule has 4 unspecified atom stereocenters. The molecule has 2 saturated carbocycles. The predicted octanol–water partition coefficient (Wildman–Crippen LogP) is 3.67. The minimum absolute atomic E-state index is 0.735. The normalized spacial score (nSPS) is 36.0. The second kappa shape index (κ2) is 7.64. The van der Waals surface area contributed by atoms with Gasteiger partial charge in [-0.3, -0.25) is 0 Å². The van der Waals surface area contributed by atoms with Crippen LogP contribution in [0.25, 0.3) is 0 Å². The molecule has 2 nitrogen and oxygen atoms in total. The molecule has 2 fully saturated rings. The Bertz CT molecular complexity index is 252. The average molecular weight is 266 g/mol. The Hall–Kier alpha value is -0.0800. The first-order chi connectivity index (χ1) is 9.22. The zero-order chi connectivity index (χ0) is 13.7. The van der Waals surface area contributed by atoms with E-state index in [-0.39, 0.29) is 0 Å². The van der Waals surface area contributed by atoms with E-state index in [1.165, 1.54) is 64.5 Å². The lowest BCUT2D eigenvalue weighted by Gasteiger charge is -2.37. The van der Waals surface area contributed by atoms with Crippen molar-refractivity contribution in [1.82, 2.24) is 10.2 Å². The van der Waals surface area contributed by atoms with E-state index in [0.29, 0.717) is 0 Å². The minimum atomic E-state index is 0.735. The molecule has 0 bridgehead atoms. The molecule has 0 heterocycles. The van der Waals surface area contributed by atoms with Crippen LogP contribution in [0.2, 0.25) is 0 Å². The third-order valence-electron chi connectivity index (χ3n) is 5.25. The average Bonchev–Trinajstić information content (AvgIpc) is 3.03. The van der Waals surface area contributed by atoms with Crippen LogP contribution in [0.4, 0.5) is 0 Å². The van der Waals surface area contributed by atoms with E-state index in [2.05, 4.69) is 31.1 Å². The molecule has 0 spiro atoms. The molecule has 0 amide bonds. The zero-order valence-corrected chi connectivity index (χ0v) is 13.3. The summed E-state index contributed by atoms with van der Waals surface area (Å²) in [6.45, 7) is 7.20. The van der Waals surface area contributed by atoms with Gasteiger partial charge in [0.05, 0.1) is 0 Å². The van der Waals surface area contributed by atoms with Crippen LogP contribution < -0.4 is 5.32 Å². The minimum Gasteiger partial charge on any atom is -0.312 e. The molecule has 19 heavy (non-hydrogen) atoms. The van der Waals surface area contributed by atoms with Gasteiger partial charge in [-0.15, -0.1) is 0 Å². The lowest BCUT2D eigenvalue weighted by molar-refractivity contribution is 0.155. The number of likely N-dealkylation sites (N-methyl/N-ethyl adjacent to an activating group) is 1. The summed E-state index contributed by atoms with van der Waals surface area (Å²) < 4.78 is 0. The highest BCUT2D eigenvalue weighted by atomic mass is 15.2. The van der Waals surface area contributed by atoms with Crippen molar-refractivity contribution in [3.05, 3.63) is 0 Å². The fourth-order valence-electron chi connectivity index (χ4n) is 3.72. The molecule has 2 aliphatic rings. The van der Waals surface area contributed by atoms with Crippen molar-refractivity contribution in [1.29, 1.82) is 0 Å². The highest BCUT2D eigenvalue weighted by Crippen LogP contribution is 2.38. The molecule has 112 valence electrons. The Morgan fingerprint density at radius 2 is 1.79 bits per heavy atom. The maximum Gasteiger partial charge on any atom is 0.0246 e. The third-order valence-corrected chi connectivity index (χ3v) is 5.25. The summed E-state index contributed by atoms with van der Waals surface area (Å²) in [4.78, 5) is 2.69. The van der Waals surface area contributed by atoms with Gasteiger partial charge in [-0.2, -0.15) is 0 Å². The summed E-state index contributed by atoms with van der Waals surface area (Å²) in [7, 11) is 2.37. The highest BCUT2D eigenvalue weighted by Gasteiger charge is 2.35. The lowest BCUT2D eigenvalue weighted by Crippen LogP contribution is -2.50. The SMILES string of the molecule is CCCNC1CCCCCCC1N(C)CC1CC1C. The fraction of sp³-hybridized carbons (Fsp3) is 1.00. The quantitative estimate of drug-likeness (QED) is 0.789. The summed E-state index contributed by atoms with van der Waals surface area (Å²) in [5.74, 6) is 1.97. The smallest absolute Gasteiger partial charge is 0.0246 e. The molecule has 0 aromatic rings. The molecule has 1 N–H and O–H groups in total. The molecule has 4 atom stereocenters. The Labute approximate surface area is 120 Å². The van der Waals surface area contributed by atoms with Crippen molar-refractivity contribution in [2.75, 3.05) is 20.1 Å². The maximum atomic E-state index is 3.83. The van der Waals surface area contributed by atoms with Gasteiger partial charge < -0.3 is 10.2 Å². The second-order valence-electron chi connectivity index (χ2n) is 7.03. The number of rotatable bonds is 6. The topological polar surface area (TPSA) is 15.3 Å². The van der Waals surface area contributed by atoms with Gasteiger partial charge in [-0.25, -0.2) is 0 Å². The largest absolute Gasteiger partial charge is 0.312 e. The zero-order valence-electron chi connectivity index (χ0n) is 13.3. The van der Waals surface area contributed by atoms with Gasteiger partial charge in [-0.05, 0) is 51.1 Å². The van der Waals surface area contributed by atoms with Crippen molar-refractivity contribution in [2.24, 2.45) is 11.8 Å². The van der Waals surface area contributed by atoms with Crippen molar-refractivity contribution in [2.45, 2.75) is 77.3 Å². The maximum absolute atomic E-state index is 3.83. The molecule has 0 saturated heterocycles. The van der Waals surface area contributed by atoms with Crippen LogP contribution in [0.3, 0.4) is 0 Å². The van der Waals surface area contributed by atoms with Crippen LogP contribution in [0.1, 0.15) is 65.2 Å². The van der Waals surface area contributed by atoms with Gasteiger partial charge in [0.15, 0.2) is 0 Å². The number of hydrogen-bond donors (Lipinski definition) is 1. The fourth-order valence-corrected chi connectivity index (χ4v) is 3.72. The summed E-state index contributed by atoms with van der Waals surface area (Å²) >= 11 is 0. The Morgan fingerprint density at radius 1 is 1.11 bits per heavy atom. The van der Waals surface area contributed by atoms with E-state index >= 15 is 0 Å². The molecule has 0 aliphatic heterocycles. The molecule has 0 aromatic heterocycles. The monoisotopic (exact) mass is 266 g/mol. The molecule has 0 aromatic carbocycles. The number of hydrogen-bond acceptors (Lipinski definition) is 2. The Balaban J connectivity index is 1.88. The standard InChI is InChI=1S/C17H34N2/c1-4-11-18-16-9-7-5-6-8-10-17(16)19(3)13-15-12-14(15)2/h14-18H,4-13H2,1-3H3. The Kier molecular flexibility index (Phi) is 6.15. The number of nitrogens with one attached hydrogen (secondary N) is 1. The summed E-state index contributed by atoms with van der Waals surface area (Å²) in [5.41, 5.74) is 0. The second-order valence-corrected chi connectivity index (χ2v) is 7.03. The van der Waals surface area contributed by atoms with Crippen LogP contribution in [0.5, 0.6) is 0 Å². The van der Waals surface area contributed by atoms with Gasteiger partial charge in [0.2, 0.25) is 0 Å². The van der Waals surface area contributed by atoms with Crippen molar-refractivity contribution in [3.8, 4) is 0 Å². The molecular weight excluding hydrogens is 232 g/mol. The van der Waals surface area contributed by atoms with Crippen LogP contribution in [0.15, 0.2) is 0 Å². The van der Waals surface area contributed by atoms with E-state index in [4.69, 9.17) is 0 Å². The van der Waals surface area contributed by atoms with E-state index in [9.17, 15) is 0 Å². The van der Waals surface area contributed by atoms with Crippen LogP contribution in [-0.4, -0.2) is 37.1 Å². The van der Waals surface area contributed by atoms with E-state index in [1.54, 1.807) is 0 Å². The molecular formula is C17H34N2. The van der Waals surface area contributed by atoms with Crippen molar-refractivity contribution in [3.63, 3.8) is 0 Å². The summed E-state index contributed by atoms with van der Waals surface area (Å²) in [5, 5.41) is 3.83. The van der Waals surface area contributed by atoms with Gasteiger partial charge in [0.1, 0.15) is 0 Å². The summed E-state index contributed by atoms with van der Waals surface area (Å²) in [6, 6.07) is 1.51. The van der Waals surface area contributed by atoms with E-state index < -0.39 is 0 Å². The van der Waals surface area contributed by atoms with E-state index in [0.717, 1.165) is 23.9 Å². The van der Waals surface area contributed by atoms with Crippen molar-refractivity contribution >= 4 is 0 Å². The van der Waals surface area contributed by atoms with Crippen LogP contribution in [-0.2, 0) is 0 Å². The predicted molar refractivity (Wildman–Crippen MR) is 83.5 cm³/mol. The van der Waals surface area contributed by atoms with Crippen molar-refractivity contribution < 1.29 is 0 Å². The van der Waals surface area contributed by atoms with Gasteiger partial charge >= 0.3 is 0 Å². The first-order valence-corrected chi connectivity index (χ1v) is 8.66. The van der Waals surface area contributed by atoms with E-state index in [1.807, 2.05) is 0 Å². The molecule has 0 radical (unpaired) electrons. The van der Waals surface area contributed by atoms with Crippen LogP contribution >= 0.6 is 0 Å². The number of nitrogens with zero attached hydrogens (tertiary/aromatic N) is 1.